The Balaban J connectivity index is 0.00000210. The van der Waals surface area contributed by atoms with Crippen molar-refractivity contribution < 1.29 is 9.21 Å². The van der Waals surface area contributed by atoms with E-state index in [0.29, 0.717) is 29.9 Å². The van der Waals surface area contributed by atoms with E-state index >= 15 is 0 Å². The summed E-state index contributed by atoms with van der Waals surface area (Å²) in [7, 11) is 0. The molecule has 27 heavy (non-hydrogen) atoms. The average molecular weight is 388 g/mol. The molecule has 2 aromatic heterocycles. The molecule has 0 spiro atoms. The number of carbonyl (C=O) groups is 1. The second kappa shape index (κ2) is 8.83. The van der Waals surface area contributed by atoms with Crippen molar-refractivity contribution in [2.45, 2.75) is 25.4 Å². The van der Waals surface area contributed by atoms with Crippen LogP contribution >= 0.6 is 12.4 Å². The minimum Gasteiger partial charge on any atom is -0.444 e. The number of halogens is 1. The van der Waals surface area contributed by atoms with Crippen molar-refractivity contribution in [2.24, 2.45) is 0 Å². The zero-order valence-corrected chi connectivity index (χ0v) is 15.6. The van der Waals surface area contributed by atoms with E-state index in [-0.39, 0.29) is 18.3 Å². The Kier molecular flexibility index (Phi) is 6.26. The molecule has 2 N–H and O–H groups in total. The van der Waals surface area contributed by atoms with Gasteiger partial charge < -0.3 is 15.1 Å². The van der Waals surface area contributed by atoms with Crippen LogP contribution in [0.4, 0.5) is 0 Å². The van der Waals surface area contributed by atoms with Gasteiger partial charge in [-0.05, 0) is 37.6 Å². The first-order valence-electron chi connectivity index (χ1n) is 8.83. The fourth-order valence-corrected chi connectivity index (χ4v) is 3.08. The van der Waals surface area contributed by atoms with Crippen molar-refractivity contribution in [2.75, 3.05) is 13.1 Å². The van der Waals surface area contributed by atoms with Gasteiger partial charge in [0.05, 0.1) is 18.3 Å². The lowest BCUT2D eigenvalue weighted by Gasteiger charge is -2.22. The van der Waals surface area contributed by atoms with Gasteiger partial charge >= 0.3 is 0 Å². The number of rotatable bonds is 5. The number of hydrogen-bond acceptors (Lipinski definition) is 5. The first-order valence-corrected chi connectivity index (χ1v) is 8.83. The Morgan fingerprint density at radius 2 is 2.15 bits per heavy atom. The number of nitrogens with one attached hydrogen (secondary N) is 2. The number of aromatic nitrogens is 3. The monoisotopic (exact) mass is 387 g/mol. The molecule has 0 radical (unpaired) electrons. The summed E-state index contributed by atoms with van der Waals surface area (Å²) in [6, 6.07) is 11.7. The topological polar surface area (TPSA) is 85.0 Å². The number of hydrogen-bond donors (Lipinski definition) is 2. The van der Waals surface area contributed by atoms with Crippen LogP contribution in [-0.2, 0) is 6.54 Å². The predicted molar refractivity (Wildman–Crippen MR) is 104 cm³/mol. The first kappa shape index (κ1) is 19.1. The quantitative estimate of drug-likeness (QED) is 0.703. The molecule has 1 aliphatic rings. The summed E-state index contributed by atoms with van der Waals surface area (Å²) in [4.78, 5) is 16.7. The highest BCUT2D eigenvalue weighted by molar-refractivity contribution is 5.92. The van der Waals surface area contributed by atoms with E-state index in [9.17, 15) is 4.79 Å². The number of amides is 1. The molecule has 8 heteroatoms. The third-order valence-corrected chi connectivity index (χ3v) is 4.49. The van der Waals surface area contributed by atoms with E-state index in [0.717, 1.165) is 31.5 Å². The molecular weight excluding hydrogens is 366 g/mol. The molecule has 1 aliphatic heterocycles. The third kappa shape index (κ3) is 4.56. The number of benzene rings is 1. The minimum atomic E-state index is -0.211. The van der Waals surface area contributed by atoms with Gasteiger partial charge in [0.25, 0.3) is 5.91 Å². The molecular formula is C19H22ClN5O2. The Labute approximate surface area is 163 Å². The molecule has 1 aromatic carbocycles. The van der Waals surface area contributed by atoms with Gasteiger partial charge in [0.1, 0.15) is 12.0 Å². The molecule has 1 unspecified atom stereocenters. The van der Waals surface area contributed by atoms with Crippen LogP contribution in [0.15, 0.2) is 53.3 Å². The summed E-state index contributed by atoms with van der Waals surface area (Å²) >= 11 is 0. The van der Waals surface area contributed by atoms with Gasteiger partial charge in [-0.2, -0.15) is 5.10 Å². The van der Waals surface area contributed by atoms with Crippen LogP contribution in [0.2, 0.25) is 0 Å². The van der Waals surface area contributed by atoms with Gasteiger partial charge in [-0.15, -0.1) is 12.4 Å². The second-order valence-electron chi connectivity index (χ2n) is 6.37. The molecule has 1 fully saturated rings. The molecule has 0 saturated carbocycles. The lowest BCUT2D eigenvalue weighted by molar-refractivity contribution is 0.0944. The lowest BCUT2D eigenvalue weighted by atomic mass is 10.1. The summed E-state index contributed by atoms with van der Waals surface area (Å²) in [6.07, 6.45) is 5.64. The number of nitrogens with zero attached hydrogens (tertiary/aromatic N) is 3. The smallest absolute Gasteiger partial charge is 0.272 e. The van der Waals surface area contributed by atoms with Gasteiger partial charge in [-0.1, -0.05) is 18.2 Å². The molecule has 1 saturated heterocycles. The second-order valence-corrected chi connectivity index (χ2v) is 6.37. The van der Waals surface area contributed by atoms with Gasteiger partial charge in [0.2, 0.25) is 5.89 Å². The van der Waals surface area contributed by atoms with E-state index < -0.39 is 0 Å². The van der Waals surface area contributed by atoms with Gasteiger partial charge in [-0.3, -0.25) is 9.48 Å². The fourth-order valence-electron chi connectivity index (χ4n) is 3.08. The van der Waals surface area contributed by atoms with Gasteiger partial charge in [0, 0.05) is 18.3 Å². The maximum atomic E-state index is 12.3. The summed E-state index contributed by atoms with van der Waals surface area (Å²) in [5, 5.41) is 10.6. The third-order valence-electron chi connectivity index (χ3n) is 4.49. The number of carbonyl (C=O) groups excluding carboxylic acids is 1. The molecule has 0 bridgehead atoms. The normalized spacial score (nSPS) is 16.5. The van der Waals surface area contributed by atoms with Crippen LogP contribution in [0, 0.1) is 0 Å². The Hall–Kier alpha value is -2.64. The van der Waals surface area contributed by atoms with E-state index in [1.54, 1.807) is 12.3 Å². The average Bonchev–Trinajstić information content (AvgIpc) is 3.37. The van der Waals surface area contributed by atoms with E-state index in [1.807, 2.05) is 41.2 Å². The number of piperidine rings is 1. The molecule has 4 rings (SSSR count). The van der Waals surface area contributed by atoms with Crippen LogP contribution < -0.4 is 10.6 Å². The van der Waals surface area contributed by atoms with Crippen molar-refractivity contribution in [1.82, 2.24) is 25.4 Å². The van der Waals surface area contributed by atoms with Crippen molar-refractivity contribution >= 4 is 18.3 Å². The van der Waals surface area contributed by atoms with Crippen LogP contribution in [0.5, 0.6) is 0 Å². The lowest BCUT2D eigenvalue weighted by Crippen LogP contribution is -2.32. The van der Waals surface area contributed by atoms with Crippen LogP contribution in [0.25, 0.3) is 11.5 Å². The van der Waals surface area contributed by atoms with Crippen molar-refractivity contribution in [3.63, 3.8) is 0 Å². The van der Waals surface area contributed by atoms with Crippen LogP contribution in [0.3, 0.4) is 0 Å². The Morgan fingerprint density at radius 1 is 1.30 bits per heavy atom. The zero-order chi connectivity index (χ0) is 17.8. The van der Waals surface area contributed by atoms with Crippen molar-refractivity contribution in [1.29, 1.82) is 0 Å². The highest BCUT2D eigenvalue weighted by atomic mass is 35.5. The molecule has 0 aliphatic carbocycles. The summed E-state index contributed by atoms with van der Waals surface area (Å²) in [5.41, 5.74) is 2.00. The number of oxazole rings is 1. The Morgan fingerprint density at radius 3 is 2.93 bits per heavy atom. The standard InChI is InChI=1S/C19H21N5O2.ClH/c25-18(17-8-10-24(23-17)16-7-4-9-20-12-16)21-11-15-13-26-19(22-15)14-5-2-1-3-6-14;/h1-3,5-6,8,10,13,16,20H,4,7,9,11-12H2,(H,21,25);1H. The van der Waals surface area contributed by atoms with E-state index in [4.69, 9.17) is 4.42 Å². The van der Waals surface area contributed by atoms with Crippen LogP contribution in [-0.4, -0.2) is 33.8 Å². The molecule has 1 atom stereocenters. The molecule has 7 nitrogen and oxygen atoms in total. The molecule has 1 amide bonds. The maximum Gasteiger partial charge on any atom is 0.272 e. The van der Waals surface area contributed by atoms with Crippen molar-refractivity contribution in [3.8, 4) is 11.5 Å². The highest BCUT2D eigenvalue weighted by Gasteiger charge is 2.18. The Bertz CT molecular complexity index is 871. The van der Waals surface area contributed by atoms with Crippen LogP contribution in [0.1, 0.15) is 35.1 Å². The summed E-state index contributed by atoms with van der Waals surface area (Å²) in [6.45, 7) is 2.24. The largest absolute Gasteiger partial charge is 0.444 e. The van der Waals surface area contributed by atoms with Gasteiger partial charge in [-0.25, -0.2) is 4.98 Å². The van der Waals surface area contributed by atoms with E-state index in [2.05, 4.69) is 20.7 Å². The first-order chi connectivity index (χ1) is 12.8. The minimum absolute atomic E-state index is 0. The van der Waals surface area contributed by atoms with E-state index in [1.165, 1.54) is 0 Å². The maximum absolute atomic E-state index is 12.3. The predicted octanol–water partition coefficient (Wildman–Crippen LogP) is 2.81. The summed E-state index contributed by atoms with van der Waals surface area (Å²) in [5.74, 6) is 0.334. The molecule has 3 heterocycles. The molecule has 3 aromatic rings. The molecule has 142 valence electrons. The van der Waals surface area contributed by atoms with Gasteiger partial charge in [0.15, 0.2) is 0 Å². The fraction of sp³-hybridized carbons (Fsp3) is 0.316. The zero-order valence-electron chi connectivity index (χ0n) is 14.8. The highest BCUT2D eigenvalue weighted by Crippen LogP contribution is 2.18. The van der Waals surface area contributed by atoms with Crippen molar-refractivity contribution in [3.05, 3.63) is 60.2 Å². The summed E-state index contributed by atoms with van der Waals surface area (Å²) < 4.78 is 7.36. The SMILES string of the molecule is Cl.O=C(NCc1coc(-c2ccccc2)n1)c1ccn(C2CCCNC2)n1.